The number of hydrogen-bond donors (Lipinski definition) is 0. The highest BCUT2D eigenvalue weighted by atomic mass is 35.5. The normalized spacial score (nSPS) is 11.6. The fourth-order valence-corrected chi connectivity index (χ4v) is 2.48. The summed E-state index contributed by atoms with van der Waals surface area (Å²) in [7, 11) is -3.65. The second-order valence-corrected chi connectivity index (χ2v) is 4.71. The summed E-state index contributed by atoms with van der Waals surface area (Å²) in [5.74, 6) is 0. The van der Waals surface area contributed by atoms with Crippen molar-refractivity contribution in [1.82, 2.24) is 0 Å². The number of hydrogen-bond acceptors (Lipinski definition) is 3. The maximum absolute atomic E-state index is 11.5. The summed E-state index contributed by atoms with van der Waals surface area (Å²) >= 11 is 5.80. The second-order valence-electron chi connectivity index (χ2n) is 2.72. The van der Waals surface area contributed by atoms with Crippen LogP contribution in [-0.4, -0.2) is 15.0 Å². The summed E-state index contributed by atoms with van der Waals surface area (Å²) in [4.78, 5) is 0.131. The molecule has 0 atom stereocenters. The lowest BCUT2D eigenvalue weighted by Gasteiger charge is -2.07. The van der Waals surface area contributed by atoms with Gasteiger partial charge in [0.25, 0.3) is 10.1 Å². The van der Waals surface area contributed by atoms with E-state index in [1.165, 1.54) is 6.07 Å². The zero-order valence-corrected chi connectivity index (χ0v) is 9.52. The van der Waals surface area contributed by atoms with Gasteiger partial charge < -0.3 is 0 Å². The van der Waals surface area contributed by atoms with E-state index in [1.54, 1.807) is 26.0 Å². The van der Waals surface area contributed by atoms with E-state index in [-0.39, 0.29) is 11.5 Å². The largest absolute Gasteiger partial charge is 0.297 e. The van der Waals surface area contributed by atoms with Gasteiger partial charge in [-0.15, -0.1) is 0 Å². The first-order chi connectivity index (χ1) is 6.49. The molecule has 0 aliphatic heterocycles. The Bertz CT molecular complexity index is 426. The number of benzene rings is 1. The molecule has 0 unspecified atom stereocenters. The molecular formula is C9H11ClO3S. The fourth-order valence-electron chi connectivity index (χ4n) is 1.08. The molecule has 1 rings (SSSR count). The van der Waals surface area contributed by atoms with E-state index in [2.05, 4.69) is 4.18 Å². The van der Waals surface area contributed by atoms with Crippen LogP contribution in [0.5, 0.6) is 0 Å². The molecule has 5 heteroatoms. The fraction of sp³-hybridized carbons (Fsp3) is 0.333. The summed E-state index contributed by atoms with van der Waals surface area (Å²) in [5, 5.41) is 0.422. The lowest BCUT2D eigenvalue weighted by molar-refractivity contribution is 0.338. The van der Waals surface area contributed by atoms with E-state index in [9.17, 15) is 8.42 Å². The van der Waals surface area contributed by atoms with Gasteiger partial charge in [0.1, 0.15) is 0 Å². The van der Waals surface area contributed by atoms with Crippen LogP contribution in [0, 0.1) is 6.92 Å². The second kappa shape index (κ2) is 4.29. The summed E-state index contributed by atoms with van der Waals surface area (Å²) in [5.41, 5.74) is 0.516. The highest BCUT2D eigenvalue weighted by Crippen LogP contribution is 2.23. The Morgan fingerprint density at radius 2 is 2.07 bits per heavy atom. The van der Waals surface area contributed by atoms with Crippen LogP contribution in [0.2, 0.25) is 5.02 Å². The predicted octanol–water partition coefficient (Wildman–Crippen LogP) is 2.37. The maximum atomic E-state index is 11.5. The van der Waals surface area contributed by atoms with Crippen LogP contribution >= 0.6 is 11.6 Å². The van der Waals surface area contributed by atoms with Gasteiger partial charge in [0, 0.05) is 5.02 Å². The van der Waals surface area contributed by atoms with Crippen LogP contribution in [0.15, 0.2) is 23.1 Å². The van der Waals surface area contributed by atoms with Crippen molar-refractivity contribution in [3.8, 4) is 0 Å². The van der Waals surface area contributed by atoms with E-state index in [0.717, 1.165) is 0 Å². The van der Waals surface area contributed by atoms with Crippen molar-refractivity contribution in [2.24, 2.45) is 0 Å². The summed E-state index contributed by atoms with van der Waals surface area (Å²) < 4.78 is 27.7. The van der Waals surface area contributed by atoms with Crippen LogP contribution in [0.25, 0.3) is 0 Å². The van der Waals surface area contributed by atoms with Gasteiger partial charge in [-0.3, -0.25) is 4.18 Å². The first-order valence-electron chi connectivity index (χ1n) is 4.13. The molecule has 1 aromatic rings. The zero-order chi connectivity index (χ0) is 10.8. The standard InChI is InChI=1S/C9H11ClO3S/c1-3-13-14(11,12)9-6-4-5-8(10)7(9)2/h4-6H,3H2,1-2H3. The van der Waals surface area contributed by atoms with E-state index >= 15 is 0 Å². The van der Waals surface area contributed by atoms with E-state index < -0.39 is 10.1 Å². The maximum Gasteiger partial charge on any atom is 0.297 e. The van der Waals surface area contributed by atoms with Crippen LogP contribution in [-0.2, 0) is 14.3 Å². The first-order valence-corrected chi connectivity index (χ1v) is 5.92. The molecule has 3 nitrogen and oxygen atoms in total. The predicted molar refractivity (Wildman–Crippen MR) is 55.0 cm³/mol. The Balaban J connectivity index is 3.27. The van der Waals surface area contributed by atoms with Gasteiger partial charge in [-0.1, -0.05) is 17.7 Å². The monoisotopic (exact) mass is 234 g/mol. The molecule has 0 bridgehead atoms. The lowest BCUT2D eigenvalue weighted by atomic mass is 10.2. The Morgan fingerprint density at radius 1 is 1.43 bits per heavy atom. The van der Waals surface area contributed by atoms with Crippen molar-refractivity contribution >= 4 is 21.7 Å². The average Bonchev–Trinajstić information content (AvgIpc) is 2.09. The lowest BCUT2D eigenvalue weighted by Crippen LogP contribution is -2.07. The van der Waals surface area contributed by atoms with Gasteiger partial charge in [-0.25, -0.2) is 0 Å². The molecule has 0 N–H and O–H groups in total. The molecule has 78 valence electrons. The van der Waals surface area contributed by atoms with Crippen molar-refractivity contribution in [2.75, 3.05) is 6.61 Å². The molecule has 0 spiro atoms. The van der Waals surface area contributed by atoms with Gasteiger partial charge in [0.15, 0.2) is 0 Å². The van der Waals surface area contributed by atoms with Crippen LogP contribution < -0.4 is 0 Å². The molecule has 0 heterocycles. The van der Waals surface area contributed by atoms with E-state index in [4.69, 9.17) is 11.6 Å². The molecular weight excluding hydrogens is 224 g/mol. The van der Waals surface area contributed by atoms with E-state index in [1.807, 2.05) is 0 Å². The molecule has 0 amide bonds. The minimum absolute atomic E-state index is 0.119. The van der Waals surface area contributed by atoms with Crippen molar-refractivity contribution in [3.05, 3.63) is 28.8 Å². The summed E-state index contributed by atoms with van der Waals surface area (Å²) in [6.45, 7) is 3.39. The Morgan fingerprint density at radius 3 is 2.64 bits per heavy atom. The summed E-state index contributed by atoms with van der Waals surface area (Å²) in [6, 6.07) is 4.70. The third-order valence-corrected chi connectivity index (χ3v) is 3.70. The van der Waals surface area contributed by atoms with Gasteiger partial charge >= 0.3 is 0 Å². The first kappa shape index (κ1) is 11.5. The van der Waals surface area contributed by atoms with Crippen molar-refractivity contribution in [1.29, 1.82) is 0 Å². The molecule has 14 heavy (non-hydrogen) atoms. The number of rotatable bonds is 3. The molecule has 0 aliphatic carbocycles. The molecule has 0 saturated heterocycles. The van der Waals surface area contributed by atoms with Gasteiger partial charge in [0.05, 0.1) is 11.5 Å². The SMILES string of the molecule is CCOS(=O)(=O)c1cccc(Cl)c1C. The minimum Gasteiger partial charge on any atom is -0.267 e. The smallest absolute Gasteiger partial charge is 0.267 e. The Kier molecular flexibility index (Phi) is 3.53. The quantitative estimate of drug-likeness (QED) is 0.755. The molecule has 0 fully saturated rings. The van der Waals surface area contributed by atoms with Gasteiger partial charge in [-0.05, 0) is 31.5 Å². The Hall–Kier alpha value is -0.580. The zero-order valence-electron chi connectivity index (χ0n) is 7.95. The Labute approximate surface area is 88.8 Å². The topological polar surface area (TPSA) is 43.4 Å². The van der Waals surface area contributed by atoms with Crippen LogP contribution in [0.3, 0.4) is 0 Å². The van der Waals surface area contributed by atoms with Crippen molar-refractivity contribution < 1.29 is 12.6 Å². The molecule has 0 aromatic heterocycles. The van der Waals surface area contributed by atoms with E-state index in [0.29, 0.717) is 10.6 Å². The number of halogens is 1. The highest BCUT2D eigenvalue weighted by molar-refractivity contribution is 7.86. The third kappa shape index (κ3) is 2.26. The third-order valence-electron chi connectivity index (χ3n) is 1.76. The van der Waals surface area contributed by atoms with Crippen LogP contribution in [0.4, 0.5) is 0 Å². The van der Waals surface area contributed by atoms with Crippen molar-refractivity contribution in [3.63, 3.8) is 0 Å². The highest BCUT2D eigenvalue weighted by Gasteiger charge is 2.17. The molecule has 0 aliphatic rings. The molecule has 0 radical (unpaired) electrons. The van der Waals surface area contributed by atoms with Crippen LogP contribution in [0.1, 0.15) is 12.5 Å². The van der Waals surface area contributed by atoms with Gasteiger partial charge in [0.2, 0.25) is 0 Å². The van der Waals surface area contributed by atoms with Crippen molar-refractivity contribution in [2.45, 2.75) is 18.7 Å². The molecule has 0 saturated carbocycles. The average molecular weight is 235 g/mol. The minimum atomic E-state index is -3.65. The molecule has 1 aromatic carbocycles. The summed E-state index contributed by atoms with van der Waals surface area (Å²) in [6.07, 6.45) is 0. The van der Waals surface area contributed by atoms with Gasteiger partial charge in [-0.2, -0.15) is 8.42 Å².